The van der Waals surface area contributed by atoms with Crippen molar-refractivity contribution in [2.45, 2.75) is 6.42 Å². The summed E-state index contributed by atoms with van der Waals surface area (Å²) in [5.74, 6) is 0. The third-order valence-electron chi connectivity index (χ3n) is 5.75. The smallest absolute Gasteiger partial charge is 0.00135 e. The van der Waals surface area contributed by atoms with Crippen LogP contribution in [0.15, 0.2) is 140 Å². The molecule has 0 radical (unpaired) electrons. The lowest BCUT2D eigenvalue weighted by Gasteiger charge is -2.18. The number of hydrogen-bond donors (Lipinski definition) is 0. The van der Waals surface area contributed by atoms with Gasteiger partial charge in [-0.15, -0.1) is 24.0 Å². The van der Waals surface area contributed by atoms with Crippen LogP contribution in [0, 0.1) is 0 Å². The van der Waals surface area contributed by atoms with Crippen molar-refractivity contribution in [2.75, 3.05) is 0 Å². The van der Waals surface area contributed by atoms with E-state index in [9.17, 15) is 0 Å². The number of hydrogen-bond acceptors (Lipinski definition) is 0. The zero-order chi connectivity index (χ0) is 21.6. The molecule has 0 bridgehead atoms. The van der Waals surface area contributed by atoms with Gasteiger partial charge in [0.1, 0.15) is 0 Å². The molecule has 0 N–H and O–H groups in total. The average molecular weight is 556 g/mol. The second-order valence-corrected chi connectivity index (χ2v) is 10.1. The van der Waals surface area contributed by atoms with Crippen LogP contribution in [0.4, 0.5) is 0 Å². The van der Waals surface area contributed by atoms with Crippen LogP contribution in [-0.4, -0.2) is 0 Å². The minimum Gasteiger partial charge on any atom is -0.107 e. The Bertz CT molecular complexity index is 1150. The van der Waals surface area contributed by atoms with Crippen molar-refractivity contribution in [3.8, 4) is 11.1 Å². The predicted molar refractivity (Wildman–Crippen MR) is 155 cm³/mol. The summed E-state index contributed by atoms with van der Waals surface area (Å²) in [5.41, 5.74) is 5.75. The molecule has 6 rings (SSSR count). The Morgan fingerprint density at radius 2 is 0.667 bits per heavy atom. The largest absolute Gasteiger partial charge is 0.107 e. The molecular weight excluding hydrogens is 530 g/mol. The first-order chi connectivity index (χ1) is 15.9. The van der Waals surface area contributed by atoms with Crippen molar-refractivity contribution in [3.63, 3.8) is 0 Å². The first-order valence-electron chi connectivity index (χ1n) is 11.0. The van der Waals surface area contributed by atoms with Gasteiger partial charge in [0.25, 0.3) is 0 Å². The molecule has 0 aliphatic heterocycles. The van der Waals surface area contributed by atoms with Crippen molar-refractivity contribution in [1.29, 1.82) is 0 Å². The third kappa shape index (κ3) is 5.43. The SMILES string of the molecule is I.c1ccc(P(c2ccccc2)c2ccccc2)cc1.c1ccc2c(c1)Cc1ccccc1-2. The van der Waals surface area contributed by atoms with E-state index in [2.05, 4.69) is 140 Å². The van der Waals surface area contributed by atoms with Crippen LogP contribution in [0.5, 0.6) is 0 Å². The summed E-state index contributed by atoms with van der Waals surface area (Å²) < 4.78 is 0. The average Bonchev–Trinajstić information content (AvgIpc) is 3.26. The molecule has 0 unspecified atom stereocenters. The molecular formula is C31H26IP. The van der Waals surface area contributed by atoms with E-state index in [1.807, 2.05) is 0 Å². The van der Waals surface area contributed by atoms with Gasteiger partial charge in [0, 0.05) is 0 Å². The van der Waals surface area contributed by atoms with Gasteiger partial charge in [-0.05, 0) is 52.5 Å². The van der Waals surface area contributed by atoms with E-state index in [0.717, 1.165) is 6.42 Å². The second kappa shape index (κ2) is 11.4. The minimum atomic E-state index is -0.446. The Labute approximate surface area is 215 Å². The van der Waals surface area contributed by atoms with E-state index in [1.54, 1.807) is 0 Å². The molecule has 2 heteroatoms. The lowest BCUT2D eigenvalue weighted by atomic mass is 10.1. The molecule has 5 aromatic carbocycles. The highest BCUT2D eigenvalue weighted by molar-refractivity contribution is 14.0. The molecule has 1 aliphatic carbocycles. The summed E-state index contributed by atoms with van der Waals surface area (Å²) in [6.45, 7) is 0. The summed E-state index contributed by atoms with van der Waals surface area (Å²) in [4.78, 5) is 0. The number of benzene rings is 5. The number of rotatable bonds is 3. The molecule has 33 heavy (non-hydrogen) atoms. The zero-order valence-electron chi connectivity index (χ0n) is 18.3. The third-order valence-corrected chi connectivity index (χ3v) is 8.19. The van der Waals surface area contributed by atoms with Crippen LogP contribution >= 0.6 is 31.9 Å². The van der Waals surface area contributed by atoms with Crippen molar-refractivity contribution >= 4 is 47.8 Å². The highest BCUT2D eigenvalue weighted by Crippen LogP contribution is 2.35. The summed E-state index contributed by atoms with van der Waals surface area (Å²) in [5, 5.41) is 4.19. The fourth-order valence-electron chi connectivity index (χ4n) is 4.26. The molecule has 0 fully saturated rings. The van der Waals surface area contributed by atoms with Gasteiger partial charge in [0.2, 0.25) is 0 Å². The van der Waals surface area contributed by atoms with Gasteiger partial charge in [-0.1, -0.05) is 140 Å². The van der Waals surface area contributed by atoms with Gasteiger partial charge in [0.05, 0.1) is 0 Å². The molecule has 0 saturated heterocycles. The Kier molecular flexibility index (Phi) is 8.10. The summed E-state index contributed by atoms with van der Waals surface area (Å²) in [7, 11) is -0.446. The number of halogens is 1. The summed E-state index contributed by atoms with van der Waals surface area (Å²) >= 11 is 0. The second-order valence-electron chi connectivity index (χ2n) is 7.83. The molecule has 5 aromatic rings. The Balaban J connectivity index is 0.000000162. The van der Waals surface area contributed by atoms with Gasteiger partial charge in [0.15, 0.2) is 0 Å². The van der Waals surface area contributed by atoms with E-state index in [1.165, 1.54) is 38.2 Å². The highest BCUT2D eigenvalue weighted by atomic mass is 127. The molecule has 0 atom stereocenters. The van der Waals surface area contributed by atoms with Gasteiger partial charge < -0.3 is 0 Å². The Hall–Kier alpha value is -2.74. The van der Waals surface area contributed by atoms with E-state index in [0.29, 0.717) is 0 Å². The normalized spacial score (nSPS) is 10.9. The summed E-state index contributed by atoms with van der Waals surface area (Å²) in [6, 6.07) is 49.6. The lowest BCUT2D eigenvalue weighted by molar-refractivity contribution is 1.26. The first-order valence-corrected chi connectivity index (χ1v) is 12.4. The van der Waals surface area contributed by atoms with E-state index >= 15 is 0 Å². The molecule has 0 nitrogen and oxygen atoms in total. The maximum atomic E-state index is 2.23. The standard InChI is InChI=1S/C18H15P.C13H10.HI/c1-4-10-16(11-5-1)19(17-12-6-2-7-13-17)18-14-8-3-9-15-18;1-3-7-12-10(5-1)9-11-6-2-4-8-13(11)12;/h1-15H;1-8H,9H2;1H. The van der Waals surface area contributed by atoms with Crippen molar-refractivity contribution in [1.82, 2.24) is 0 Å². The van der Waals surface area contributed by atoms with E-state index in [-0.39, 0.29) is 24.0 Å². The monoisotopic (exact) mass is 556 g/mol. The first kappa shape index (κ1) is 23.4. The Morgan fingerprint density at radius 3 is 1.03 bits per heavy atom. The van der Waals surface area contributed by atoms with Crippen LogP contribution < -0.4 is 15.9 Å². The molecule has 0 spiro atoms. The van der Waals surface area contributed by atoms with Crippen LogP contribution in [0.25, 0.3) is 11.1 Å². The minimum absolute atomic E-state index is 0. The predicted octanol–water partition coefficient (Wildman–Crippen LogP) is 7.32. The molecule has 0 amide bonds. The molecule has 0 saturated carbocycles. The Morgan fingerprint density at radius 1 is 0.364 bits per heavy atom. The van der Waals surface area contributed by atoms with Crippen molar-refractivity contribution in [3.05, 3.63) is 151 Å². The van der Waals surface area contributed by atoms with E-state index < -0.39 is 7.92 Å². The van der Waals surface area contributed by atoms with Gasteiger partial charge in [-0.2, -0.15) is 0 Å². The number of fused-ring (bicyclic) bond motifs is 3. The molecule has 1 aliphatic rings. The quantitative estimate of drug-likeness (QED) is 0.158. The maximum absolute atomic E-state index is 2.23. The van der Waals surface area contributed by atoms with Gasteiger partial charge in [-0.25, -0.2) is 0 Å². The molecule has 0 aromatic heterocycles. The maximum Gasteiger partial charge on any atom is -0.00135 e. The van der Waals surface area contributed by atoms with Crippen molar-refractivity contribution < 1.29 is 0 Å². The van der Waals surface area contributed by atoms with Crippen LogP contribution in [0.3, 0.4) is 0 Å². The lowest BCUT2D eigenvalue weighted by Crippen LogP contribution is -2.20. The van der Waals surface area contributed by atoms with Crippen LogP contribution in [0.2, 0.25) is 0 Å². The van der Waals surface area contributed by atoms with E-state index in [4.69, 9.17) is 0 Å². The zero-order valence-corrected chi connectivity index (χ0v) is 21.6. The van der Waals surface area contributed by atoms with Gasteiger partial charge >= 0.3 is 0 Å². The fraction of sp³-hybridized carbons (Fsp3) is 0.0323. The topological polar surface area (TPSA) is 0 Å². The van der Waals surface area contributed by atoms with Crippen molar-refractivity contribution in [2.24, 2.45) is 0 Å². The van der Waals surface area contributed by atoms with Crippen LogP contribution in [0.1, 0.15) is 11.1 Å². The highest BCUT2D eigenvalue weighted by Gasteiger charge is 2.16. The molecule has 162 valence electrons. The summed E-state index contributed by atoms with van der Waals surface area (Å²) in [6.07, 6.45) is 1.10. The van der Waals surface area contributed by atoms with Crippen LogP contribution in [-0.2, 0) is 6.42 Å². The fourth-order valence-corrected chi connectivity index (χ4v) is 6.56. The van der Waals surface area contributed by atoms with Gasteiger partial charge in [-0.3, -0.25) is 0 Å². The molecule has 0 heterocycles.